The molecule has 2 heterocycles. The van der Waals surface area contributed by atoms with Crippen LogP contribution in [-0.2, 0) is 33.1 Å². The second-order valence-corrected chi connectivity index (χ2v) is 12.0. The van der Waals surface area contributed by atoms with Gasteiger partial charge in [-0.2, -0.15) is 0 Å². The molecule has 0 aliphatic heterocycles. The lowest BCUT2D eigenvalue weighted by atomic mass is 10.4. The molecule has 0 saturated heterocycles. The second kappa shape index (κ2) is 13.1. The van der Waals surface area contributed by atoms with Crippen LogP contribution in [0.5, 0.6) is 11.5 Å². The molecule has 12 nitrogen and oxygen atoms in total. The van der Waals surface area contributed by atoms with E-state index in [0.29, 0.717) is 0 Å². The number of halogens is 2. The summed E-state index contributed by atoms with van der Waals surface area (Å²) in [6.07, 6.45) is 1.70. The fourth-order valence-electron chi connectivity index (χ4n) is 2.89. The highest BCUT2D eigenvalue weighted by atomic mass is 35.5. The van der Waals surface area contributed by atoms with E-state index in [4.69, 9.17) is 42.2 Å². The van der Waals surface area contributed by atoms with Crippen LogP contribution in [0.1, 0.15) is 11.5 Å². The van der Waals surface area contributed by atoms with Gasteiger partial charge in [-0.05, 0) is 24.3 Å². The Morgan fingerprint density at radius 1 is 0.650 bits per heavy atom. The van der Waals surface area contributed by atoms with Crippen molar-refractivity contribution in [3.63, 3.8) is 0 Å². The van der Waals surface area contributed by atoms with E-state index in [1.54, 1.807) is 24.3 Å². The molecular weight excluding hydrogens is 611 g/mol. The van der Waals surface area contributed by atoms with E-state index in [9.17, 15) is 26.4 Å². The number of nitrogens with one attached hydrogen (secondary N) is 2. The number of benzene rings is 2. The summed E-state index contributed by atoms with van der Waals surface area (Å²) in [7, 11) is -7.64. The summed E-state index contributed by atoms with van der Waals surface area (Å²) in [5, 5.41) is 18.2. The first-order chi connectivity index (χ1) is 18.8. The Kier molecular flexibility index (Phi) is 10.1. The summed E-state index contributed by atoms with van der Waals surface area (Å²) in [6.45, 7) is -0.466. The van der Waals surface area contributed by atoms with Gasteiger partial charge in [-0.15, -0.1) is 0 Å². The molecule has 40 heavy (non-hydrogen) atoms. The first-order valence-corrected chi connectivity index (χ1v) is 14.6. The first-order valence-electron chi connectivity index (χ1n) is 10.9. The minimum absolute atomic E-state index is 0.0669. The summed E-state index contributed by atoms with van der Waals surface area (Å²) in [5.74, 6) is -0.933. The van der Waals surface area contributed by atoms with Crippen molar-refractivity contribution in [3.05, 3.63) is 115 Å². The summed E-state index contributed by atoms with van der Waals surface area (Å²) in [5.41, 5.74) is -1.30. The van der Waals surface area contributed by atoms with Crippen LogP contribution in [0.2, 0.25) is 10.0 Å². The highest BCUT2D eigenvalue weighted by Gasteiger charge is 2.18. The van der Waals surface area contributed by atoms with Crippen LogP contribution >= 0.6 is 23.2 Å². The Balaban J connectivity index is 0.000000220. The molecular formula is C24H20Cl2N2O10S2. The standard InChI is InChI=1S/2C12H10ClNO5S/c2*13-9-3-1-2-4-12(9)20(17,18)14-6-8-5-10(15)11(16)7-19-8/h2*1-5,7,14,16H,6H2. The van der Waals surface area contributed by atoms with Gasteiger partial charge in [0.05, 0.1) is 23.1 Å². The Morgan fingerprint density at radius 3 is 1.32 bits per heavy atom. The van der Waals surface area contributed by atoms with Gasteiger partial charge in [0.25, 0.3) is 0 Å². The topological polar surface area (TPSA) is 193 Å². The van der Waals surface area contributed by atoms with Crippen molar-refractivity contribution in [1.29, 1.82) is 0 Å². The lowest BCUT2D eigenvalue weighted by Gasteiger charge is -2.07. The largest absolute Gasteiger partial charge is 0.502 e. The van der Waals surface area contributed by atoms with Crippen molar-refractivity contribution in [2.24, 2.45) is 0 Å². The predicted molar refractivity (Wildman–Crippen MR) is 144 cm³/mol. The maximum absolute atomic E-state index is 12.0. The molecule has 4 N–H and O–H groups in total. The van der Waals surface area contributed by atoms with Crippen LogP contribution in [0.3, 0.4) is 0 Å². The van der Waals surface area contributed by atoms with E-state index in [1.165, 1.54) is 24.3 Å². The monoisotopic (exact) mass is 630 g/mol. The smallest absolute Gasteiger partial charge is 0.242 e. The van der Waals surface area contributed by atoms with Crippen LogP contribution in [0, 0.1) is 0 Å². The van der Waals surface area contributed by atoms with E-state index in [2.05, 4.69) is 9.44 Å². The molecule has 0 aliphatic rings. The molecule has 0 bridgehead atoms. The number of rotatable bonds is 8. The van der Waals surface area contributed by atoms with E-state index >= 15 is 0 Å². The van der Waals surface area contributed by atoms with Crippen molar-refractivity contribution in [2.45, 2.75) is 22.9 Å². The quantitative estimate of drug-likeness (QED) is 0.225. The molecule has 0 saturated carbocycles. The van der Waals surface area contributed by atoms with Gasteiger partial charge in [-0.1, -0.05) is 47.5 Å². The fourth-order valence-corrected chi connectivity index (χ4v) is 5.91. The third-order valence-electron chi connectivity index (χ3n) is 4.86. The van der Waals surface area contributed by atoms with Crippen LogP contribution in [0.15, 0.2) is 101 Å². The van der Waals surface area contributed by atoms with E-state index < -0.39 is 42.4 Å². The summed E-state index contributed by atoms with van der Waals surface area (Å²) >= 11 is 11.6. The second-order valence-electron chi connectivity index (χ2n) is 7.70. The molecule has 0 aliphatic carbocycles. The molecule has 0 radical (unpaired) electrons. The van der Waals surface area contributed by atoms with Gasteiger partial charge >= 0.3 is 0 Å². The molecule has 4 aromatic rings. The summed E-state index contributed by atoms with van der Waals surface area (Å²) < 4.78 is 62.3. The van der Waals surface area contributed by atoms with Gasteiger partial charge in [0.15, 0.2) is 11.5 Å². The van der Waals surface area contributed by atoms with Crippen molar-refractivity contribution < 1.29 is 35.9 Å². The number of sulfonamides is 2. The van der Waals surface area contributed by atoms with Gasteiger partial charge in [-0.25, -0.2) is 26.3 Å². The first kappa shape index (κ1) is 30.9. The van der Waals surface area contributed by atoms with Gasteiger partial charge in [0.2, 0.25) is 30.9 Å². The third-order valence-corrected chi connectivity index (χ3v) is 8.66. The summed E-state index contributed by atoms with van der Waals surface area (Å²) in [4.78, 5) is 22.2. The Bertz CT molecular complexity index is 1700. The van der Waals surface area contributed by atoms with Crippen LogP contribution < -0.4 is 20.3 Å². The maximum atomic E-state index is 12.0. The molecule has 4 rings (SSSR count). The van der Waals surface area contributed by atoms with Crippen molar-refractivity contribution in [2.75, 3.05) is 0 Å². The molecule has 0 spiro atoms. The van der Waals surface area contributed by atoms with E-state index in [0.717, 1.165) is 24.7 Å². The minimum atomic E-state index is -3.82. The third kappa shape index (κ3) is 8.17. The summed E-state index contributed by atoms with van der Waals surface area (Å²) in [6, 6.07) is 13.9. The molecule has 16 heteroatoms. The number of hydrogen-bond acceptors (Lipinski definition) is 10. The fraction of sp³-hybridized carbons (Fsp3) is 0.0833. The lowest BCUT2D eigenvalue weighted by Crippen LogP contribution is -2.24. The number of aromatic hydroxyl groups is 2. The molecule has 212 valence electrons. The predicted octanol–water partition coefficient (Wildman–Crippen LogP) is 2.95. The molecule has 0 unspecified atom stereocenters. The maximum Gasteiger partial charge on any atom is 0.242 e. The Labute approximate surface area is 237 Å². The average Bonchev–Trinajstić information content (AvgIpc) is 2.91. The highest BCUT2D eigenvalue weighted by molar-refractivity contribution is 7.89. The van der Waals surface area contributed by atoms with Gasteiger partial charge in [0, 0.05) is 12.1 Å². The Hall–Kier alpha value is -3.66. The van der Waals surface area contributed by atoms with E-state index in [1.807, 2.05) is 0 Å². The zero-order valence-corrected chi connectivity index (χ0v) is 23.2. The van der Waals surface area contributed by atoms with Crippen molar-refractivity contribution >= 4 is 43.2 Å². The van der Waals surface area contributed by atoms with E-state index in [-0.39, 0.29) is 44.4 Å². The molecule has 0 atom stereocenters. The zero-order valence-electron chi connectivity index (χ0n) is 20.1. The van der Waals surface area contributed by atoms with Crippen LogP contribution in [0.25, 0.3) is 0 Å². The van der Waals surface area contributed by atoms with Crippen molar-refractivity contribution in [3.8, 4) is 11.5 Å². The van der Waals surface area contributed by atoms with Crippen molar-refractivity contribution in [1.82, 2.24) is 9.44 Å². The average molecular weight is 631 g/mol. The van der Waals surface area contributed by atoms with Crippen LogP contribution in [0.4, 0.5) is 0 Å². The molecule has 0 amide bonds. The Morgan fingerprint density at radius 2 is 1.00 bits per heavy atom. The van der Waals surface area contributed by atoms with Gasteiger partial charge < -0.3 is 19.0 Å². The normalized spacial score (nSPS) is 11.4. The highest BCUT2D eigenvalue weighted by Crippen LogP contribution is 2.21. The zero-order chi connectivity index (χ0) is 29.5. The molecule has 2 aromatic heterocycles. The minimum Gasteiger partial charge on any atom is -0.502 e. The SMILES string of the molecule is O=c1cc(CNS(=O)(=O)c2ccccc2Cl)occ1O.O=c1cc(CNS(=O)(=O)c2ccccc2Cl)occ1O. The molecule has 0 fully saturated rings. The van der Waals surface area contributed by atoms with Gasteiger partial charge in [0.1, 0.15) is 33.8 Å². The lowest BCUT2D eigenvalue weighted by molar-refractivity contribution is 0.411. The molecule has 2 aromatic carbocycles. The number of hydrogen-bond donors (Lipinski definition) is 4. The van der Waals surface area contributed by atoms with Gasteiger partial charge in [-0.3, -0.25) is 9.59 Å². The van der Waals surface area contributed by atoms with Crippen LogP contribution in [-0.4, -0.2) is 27.0 Å².